The van der Waals surface area contributed by atoms with Crippen LogP contribution in [-0.2, 0) is 0 Å². The Bertz CT molecular complexity index is 997. The molecule has 8 heteroatoms. The molecule has 0 radical (unpaired) electrons. The minimum absolute atomic E-state index is 0.261. The first-order valence-electron chi connectivity index (χ1n) is 8.40. The van der Waals surface area contributed by atoms with Gasteiger partial charge in [-0.3, -0.25) is 9.89 Å². The van der Waals surface area contributed by atoms with E-state index >= 15 is 0 Å². The van der Waals surface area contributed by atoms with E-state index in [9.17, 15) is 4.79 Å². The quantitative estimate of drug-likeness (QED) is 0.485. The van der Waals surface area contributed by atoms with Crippen LogP contribution in [0.1, 0.15) is 16.1 Å². The van der Waals surface area contributed by atoms with Crippen LogP contribution in [-0.4, -0.2) is 43.6 Å². The summed E-state index contributed by atoms with van der Waals surface area (Å²) in [6.07, 6.45) is 1.51. The number of nitrogens with zero attached hydrogens (tertiary/aromatic N) is 2. The topological polar surface area (TPSA) is 97.8 Å². The van der Waals surface area contributed by atoms with Crippen molar-refractivity contribution in [3.8, 4) is 28.5 Å². The number of nitrogens with one attached hydrogen (secondary N) is 2. The molecule has 0 bridgehead atoms. The zero-order chi connectivity index (χ0) is 19.9. The highest BCUT2D eigenvalue weighted by atomic mass is 16.5. The smallest absolute Gasteiger partial charge is 0.289 e. The highest BCUT2D eigenvalue weighted by Crippen LogP contribution is 2.32. The van der Waals surface area contributed by atoms with Crippen molar-refractivity contribution in [2.75, 3.05) is 21.3 Å². The molecule has 144 valence electrons. The van der Waals surface area contributed by atoms with Gasteiger partial charge in [0.25, 0.3) is 5.91 Å². The van der Waals surface area contributed by atoms with E-state index in [-0.39, 0.29) is 5.69 Å². The van der Waals surface area contributed by atoms with Gasteiger partial charge in [0.1, 0.15) is 22.9 Å². The summed E-state index contributed by atoms with van der Waals surface area (Å²) >= 11 is 0. The lowest BCUT2D eigenvalue weighted by Crippen LogP contribution is -2.18. The van der Waals surface area contributed by atoms with Crippen LogP contribution in [0.5, 0.6) is 17.2 Å². The Balaban J connectivity index is 1.75. The number of aromatic amines is 1. The van der Waals surface area contributed by atoms with Crippen molar-refractivity contribution < 1.29 is 19.0 Å². The van der Waals surface area contributed by atoms with Crippen LogP contribution in [0.2, 0.25) is 0 Å². The van der Waals surface area contributed by atoms with E-state index in [4.69, 9.17) is 14.2 Å². The Morgan fingerprint density at radius 3 is 2.57 bits per heavy atom. The van der Waals surface area contributed by atoms with Crippen molar-refractivity contribution in [3.05, 3.63) is 59.8 Å². The first-order chi connectivity index (χ1) is 13.7. The number of H-pyrrole nitrogens is 1. The molecule has 28 heavy (non-hydrogen) atoms. The molecule has 0 aliphatic rings. The molecule has 0 aliphatic heterocycles. The van der Waals surface area contributed by atoms with E-state index in [1.807, 2.05) is 24.3 Å². The Kier molecular flexibility index (Phi) is 5.91. The summed E-state index contributed by atoms with van der Waals surface area (Å²) in [7, 11) is 4.72. The first kappa shape index (κ1) is 19.0. The van der Waals surface area contributed by atoms with Crippen molar-refractivity contribution >= 4 is 12.1 Å². The molecule has 0 spiro atoms. The molecular weight excluding hydrogens is 360 g/mol. The second-order valence-corrected chi connectivity index (χ2v) is 5.67. The SMILES string of the molecule is COc1ccc(OC)c(-c2cc(C(=O)N/N=C/c3ccccc3OC)[nH]n2)c1. The molecule has 3 aromatic rings. The number of carbonyl (C=O) groups excluding carboxylic acids is 1. The number of rotatable bonds is 7. The molecule has 0 unspecified atom stereocenters. The third-order valence-electron chi connectivity index (χ3n) is 4.01. The van der Waals surface area contributed by atoms with Crippen LogP contribution in [0.4, 0.5) is 0 Å². The van der Waals surface area contributed by atoms with Gasteiger partial charge in [0.2, 0.25) is 0 Å². The molecule has 0 aliphatic carbocycles. The average Bonchev–Trinajstić information content (AvgIpc) is 3.23. The van der Waals surface area contributed by atoms with Crippen molar-refractivity contribution in [1.29, 1.82) is 0 Å². The number of amides is 1. The lowest BCUT2D eigenvalue weighted by Gasteiger charge is -2.08. The van der Waals surface area contributed by atoms with E-state index in [2.05, 4.69) is 20.7 Å². The van der Waals surface area contributed by atoms with Crippen LogP contribution in [0.25, 0.3) is 11.3 Å². The molecule has 0 atom stereocenters. The number of aromatic nitrogens is 2. The van der Waals surface area contributed by atoms with E-state index in [0.29, 0.717) is 28.5 Å². The third-order valence-corrected chi connectivity index (χ3v) is 4.01. The molecule has 8 nitrogen and oxygen atoms in total. The summed E-state index contributed by atoms with van der Waals surface area (Å²) in [4.78, 5) is 12.3. The largest absolute Gasteiger partial charge is 0.497 e. The van der Waals surface area contributed by atoms with E-state index in [0.717, 1.165) is 5.56 Å². The van der Waals surface area contributed by atoms with Crippen LogP contribution in [0.15, 0.2) is 53.6 Å². The van der Waals surface area contributed by atoms with Gasteiger partial charge < -0.3 is 14.2 Å². The normalized spacial score (nSPS) is 10.7. The van der Waals surface area contributed by atoms with Gasteiger partial charge in [-0.25, -0.2) is 5.43 Å². The molecular formula is C20H20N4O4. The van der Waals surface area contributed by atoms with Crippen molar-refractivity contribution in [1.82, 2.24) is 15.6 Å². The fraction of sp³-hybridized carbons (Fsp3) is 0.150. The molecule has 0 fully saturated rings. The summed E-state index contributed by atoms with van der Waals surface area (Å²) in [6, 6.07) is 14.3. The number of para-hydroxylation sites is 1. The number of methoxy groups -OCH3 is 3. The van der Waals surface area contributed by atoms with Gasteiger partial charge >= 0.3 is 0 Å². The lowest BCUT2D eigenvalue weighted by atomic mass is 10.1. The van der Waals surface area contributed by atoms with Gasteiger partial charge in [-0.2, -0.15) is 10.2 Å². The fourth-order valence-electron chi connectivity index (χ4n) is 2.58. The van der Waals surface area contributed by atoms with Crippen LogP contribution < -0.4 is 19.6 Å². The number of carbonyl (C=O) groups is 1. The molecule has 2 N–H and O–H groups in total. The standard InChI is InChI=1S/C20H20N4O4/c1-26-14-8-9-19(28-3)15(10-14)16-11-17(23-22-16)20(25)24-21-12-13-6-4-5-7-18(13)27-2/h4-12H,1-3H3,(H,22,23)(H,24,25)/b21-12+. The zero-order valence-electron chi connectivity index (χ0n) is 15.7. The number of hydrogen-bond donors (Lipinski definition) is 2. The summed E-state index contributed by atoms with van der Waals surface area (Å²) in [5, 5.41) is 10.9. The van der Waals surface area contributed by atoms with Gasteiger partial charge in [-0.05, 0) is 36.4 Å². The third kappa shape index (κ3) is 4.12. The van der Waals surface area contributed by atoms with Gasteiger partial charge in [0, 0.05) is 11.1 Å². The zero-order valence-corrected chi connectivity index (χ0v) is 15.7. The number of hydrazone groups is 1. The molecule has 0 saturated carbocycles. The van der Waals surface area contributed by atoms with Gasteiger partial charge in [0.15, 0.2) is 0 Å². The molecule has 1 aromatic heterocycles. The minimum Gasteiger partial charge on any atom is -0.497 e. The van der Waals surface area contributed by atoms with Crippen LogP contribution in [0.3, 0.4) is 0 Å². The Morgan fingerprint density at radius 1 is 1.04 bits per heavy atom. The molecule has 0 saturated heterocycles. The summed E-state index contributed by atoms with van der Waals surface area (Å²) in [5.74, 6) is 1.51. The molecule has 1 heterocycles. The van der Waals surface area contributed by atoms with E-state index in [1.54, 1.807) is 45.6 Å². The second-order valence-electron chi connectivity index (χ2n) is 5.67. The van der Waals surface area contributed by atoms with E-state index in [1.165, 1.54) is 6.21 Å². The Labute approximate surface area is 162 Å². The highest BCUT2D eigenvalue weighted by Gasteiger charge is 2.14. The molecule has 2 aromatic carbocycles. The van der Waals surface area contributed by atoms with Crippen molar-refractivity contribution in [2.24, 2.45) is 5.10 Å². The summed E-state index contributed by atoms with van der Waals surface area (Å²) in [6.45, 7) is 0. The molecule has 3 rings (SSSR count). The van der Waals surface area contributed by atoms with E-state index < -0.39 is 5.91 Å². The number of benzene rings is 2. The second kappa shape index (κ2) is 8.72. The first-order valence-corrected chi connectivity index (χ1v) is 8.40. The number of ether oxygens (including phenoxy) is 3. The van der Waals surface area contributed by atoms with Crippen molar-refractivity contribution in [3.63, 3.8) is 0 Å². The van der Waals surface area contributed by atoms with Gasteiger partial charge in [-0.1, -0.05) is 12.1 Å². The van der Waals surface area contributed by atoms with Crippen LogP contribution >= 0.6 is 0 Å². The Hall–Kier alpha value is -3.81. The van der Waals surface area contributed by atoms with Gasteiger partial charge in [0.05, 0.1) is 33.2 Å². The fourth-order valence-corrected chi connectivity index (χ4v) is 2.58. The maximum atomic E-state index is 12.3. The average molecular weight is 380 g/mol. The van der Waals surface area contributed by atoms with Gasteiger partial charge in [-0.15, -0.1) is 0 Å². The predicted octanol–water partition coefficient (Wildman–Crippen LogP) is 2.87. The molecule has 1 amide bonds. The lowest BCUT2D eigenvalue weighted by molar-refractivity contribution is 0.0950. The minimum atomic E-state index is -0.424. The number of hydrogen-bond acceptors (Lipinski definition) is 6. The highest BCUT2D eigenvalue weighted by molar-refractivity contribution is 5.94. The Morgan fingerprint density at radius 2 is 1.82 bits per heavy atom. The van der Waals surface area contributed by atoms with Crippen molar-refractivity contribution in [2.45, 2.75) is 0 Å². The summed E-state index contributed by atoms with van der Waals surface area (Å²) < 4.78 is 15.8. The maximum absolute atomic E-state index is 12.3. The predicted molar refractivity (Wildman–Crippen MR) is 105 cm³/mol. The monoisotopic (exact) mass is 380 g/mol. The van der Waals surface area contributed by atoms with Crippen LogP contribution in [0, 0.1) is 0 Å². The summed E-state index contributed by atoms with van der Waals surface area (Å²) in [5.41, 5.74) is 4.72. The maximum Gasteiger partial charge on any atom is 0.289 e.